The maximum atomic E-state index is 12.8. The van der Waals surface area contributed by atoms with Crippen molar-refractivity contribution in [1.82, 2.24) is 0 Å². The Labute approximate surface area is 177 Å². The van der Waals surface area contributed by atoms with Gasteiger partial charge >= 0.3 is 12.3 Å². The third kappa shape index (κ3) is 5.94. The predicted octanol–water partition coefficient (Wildman–Crippen LogP) is 6.97. The van der Waals surface area contributed by atoms with Crippen LogP contribution in [0.1, 0.15) is 35.7 Å². The van der Waals surface area contributed by atoms with E-state index in [0.29, 0.717) is 12.0 Å². The molecule has 1 N–H and O–H groups in total. The lowest BCUT2D eigenvalue weighted by Crippen LogP contribution is -2.17. The number of hydrogen-bond donors (Lipinski definition) is 1. The third-order valence-corrected chi connectivity index (χ3v) is 4.52. The molecular formula is C24H20F3NO3. The van der Waals surface area contributed by atoms with E-state index >= 15 is 0 Å². The van der Waals surface area contributed by atoms with Crippen molar-refractivity contribution in [1.29, 1.82) is 0 Å². The molecule has 3 aromatic rings. The number of rotatable bonds is 6. The molecule has 4 nitrogen and oxygen atoms in total. The second kappa shape index (κ2) is 9.47. The molecule has 0 aliphatic carbocycles. The predicted molar refractivity (Wildman–Crippen MR) is 112 cm³/mol. The van der Waals surface area contributed by atoms with E-state index in [-0.39, 0.29) is 17.2 Å². The molecule has 0 aliphatic heterocycles. The number of alkyl halides is 3. The van der Waals surface area contributed by atoms with Crippen LogP contribution in [0.15, 0.2) is 72.8 Å². The molecule has 0 fully saturated rings. The summed E-state index contributed by atoms with van der Waals surface area (Å²) in [6.45, 7) is 1.95. The number of ether oxygens (including phenoxy) is 1. The summed E-state index contributed by atoms with van der Waals surface area (Å²) in [4.78, 5) is 23.9. The lowest BCUT2D eigenvalue weighted by atomic mass is 10.0. The lowest BCUT2D eigenvalue weighted by molar-refractivity contribution is -0.137. The maximum Gasteiger partial charge on any atom is 0.417 e. The highest BCUT2D eigenvalue weighted by Crippen LogP contribution is 2.30. The number of halogens is 3. The van der Waals surface area contributed by atoms with Gasteiger partial charge in [-0.1, -0.05) is 49.4 Å². The Morgan fingerprint density at radius 1 is 0.903 bits per heavy atom. The Hall–Kier alpha value is -3.61. The molecule has 0 atom stereocenters. The third-order valence-electron chi connectivity index (χ3n) is 4.52. The fraction of sp³-hybridized carbons (Fsp3) is 0.167. The van der Waals surface area contributed by atoms with Gasteiger partial charge in [0.2, 0.25) is 0 Å². The number of benzene rings is 3. The van der Waals surface area contributed by atoms with Crippen molar-refractivity contribution in [3.63, 3.8) is 0 Å². The van der Waals surface area contributed by atoms with E-state index in [1.165, 1.54) is 12.1 Å². The molecule has 3 aromatic carbocycles. The summed E-state index contributed by atoms with van der Waals surface area (Å²) < 4.78 is 43.4. The molecule has 0 aliphatic rings. The largest absolute Gasteiger partial charge is 0.417 e. The van der Waals surface area contributed by atoms with E-state index in [1.54, 1.807) is 36.4 Å². The van der Waals surface area contributed by atoms with Crippen LogP contribution in [-0.2, 0) is 6.18 Å². The van der Waals surface area contributed by atoms with Gasteiger partial charge in [-0.2, -0.15) is 13.2 Å². The van der Waals surface area contributed by atoms with Crippen molar-refractivity contribution < 1.29 is 27.5 Å². The van der Waals surface area contributed by atoms with Crippen molar-refractivity contribution in [2.24, 2.45) is 0 Å². The second-order valence-corrected chi connectivity index (χ2v) is 6.87. The normalized spacial score (nSPS) is 11.1. The van der Waals surface area contributed by atoms with Gasteiger partial charge in [0.15, 0.2) is 5.78 Å². The van der Waals surface area contributed by atoms with Crippen LogP contribution < -0.4 is 10.1 Å². The molecule has 0 bridgehead atoms. The summed E-state index contributed by atoms with van der Waals surface area (Å²) in [5.41, 5.74) is 1.54. The number of ketones is 1. The van der Waals surface area contributed by atoms with Crippen LogP contribution >= 0.6 is 0 Å². The SMILES string of the molecule is CCCC(=O)c1ccc(-c2ccc(OC(=O)Nc3cccc(C(F)(F)F)c3)cc2)cc1. The first kappa shape index (κ1) is 22.1. The van der Waals surface area contributed by atoms with Crippen LogP contribution in [0, 0.1) is 0 Å². The Morgan fingerprint density at radius 2 is 1.52 bits per heavy atom. The van der Waals surface area contributed by atoms with Crippen molar-refractivity contribution in [3.8, 4) is 16.9 Å². The number of carbonyl (C=O) groups is 2. The number of nitrogens with one attached hydrogen (secondary N) is 1. The minimum atomic E-state index is -4.50. The number of Topliss-reactive ketones (excluding diaryl/α,β-unsaturated/α-hetero) is 1. The molecule has 0 saturated carbocycles. The Kier molecular flexibility index (Phi) is 6.74. The van der Waals surface area contributed by atoms with E-state index in [2.05, 4.69) is 5.32 Å². The quantitative estimate of drug-likeness (QED) is 0.432. The summed E-state index contributed by atoms with van der Waals surface area (Å²) in [6, 6.07) is 18.2. The van der Waals surface area contributed by atoms with E-state index in [4.69, 9.17) is 4.74 Å². The van der Waals surface area contributed by atoms with Gasteiger partial charge in [-0.3, -0.25) is 10.1 Å². The second-order valence-electron chi connectivity index (χ2n) is 6.87. The van der Waals surface area contributed by atoms with E-state index < -0.39 is 17.8 Å². The van der Waals surface area contributed by atoms with Gasteiger partial charge in [-0.15, -0.1) is 0 Å². The number of hydrogen-bond acceptors (Lipinski definition) is 3. The van der Waals surface area contributed by atoms with Gasteiger partial charge < -0.3 is 4.74 Å². The Balaban J connectivity index is 1.63. The topological polar surface area (TPSA) is 55.4 Å². The molecule has 160 valence electrons. The molecule has 31 heavy (non-hydrogen) atoms. The first-order valence-corrected chi connectivity index (χ1v) is 9.66. The molecule has 1 amide bonds. The van der Waals surface area contributed by atoms with Crippen LogP contribution in [0.2, 0.25) is 0 Å². The molecule has 7 heteroatoms. The molecular weight excluding hydrogens is 407 g/mol. The van der Waals surface area contributed by atoms with Crippen LogP contribution in [0.5, 0.6) is 5.75 Å². The van der Waals surface area contributed by atoms with Crippen LogP contribution in [-0.4, -0.2) is 11.9 Å². The van der Waals surface area contributed by atoms with Crippen molar-refractivity contribution in [3.05, 3.63) is 83.9 Å². The van der Waals surface area contributed by atoms with Gasteiger partial charge in [0.05, 0.1) is 5.56 Å². The number of amides is 1. The zero-order chi connectivity index (χ0) is 22.4. The van der Waals surface area contributed by atoms with Gasteiger partial charge in [0.25, 0.3) is 0 Å². The van der Waals surface area contributed by atoms with Gasteiger partial charge in [-0.05, 0) is 47.9 Å². The highest BCUT2D eigenvalue weighted by atomic mass is 19.4. The standard InChI is InChI=1S/C24H20F3NO3/c1-2-4-22(29)18-9-7-16(8-10-18)17-11-13-21(14-12-17)31-23(30)28-20-6-3-5-19(15-20)24(25,26)27/h3,5-15H,2,4H2,1H3,(H,28,30). The molecule has 0 saturated heterocycles. The first-order valence-electron chi connectivity index (χ1n) is 9.66. The first-order chi connectivity index (χ1) is 14.8. The average molecular weight is 427 g/mol. The highest BCUT2D eigenvalue weighted by molar-refractivity contribution is 5.96. The van der Waals surface area contributed by atoms with E-state index in [9.17, 15) is 22.8 Å². The van der Waals surface area contributed by atoms with Crippen molar-refractivity contribution in [2.45, 2.75) is 25.9 Å². The maximum absolute atomic E-state index is 12.8. The summed E-state index contributed by atoms with van der Waals surface area (Å²) in [7, 11) is 0. The fourth-order valence-electron chi connectivity index (χ4n) is 2.96. The number of carbonyl (C=O) groups excluding carboxylic acids is 2. The van der Waals surface area contributed by atoms with Gasteiger partial charge in [0.1, 0.15) is 5.75 Å². The highest BCUT2D eigenvalue weighted by Gasteiger charge is 2.30. The minimum absolute atomic E-state index is 0.0193. The lowest BCUT2D eigenvalue weighted by Gasteiger charge is -2.10. The molecule has 0 heterocycles. The van der Waals surface area contributed by atoms with Crippen molar-refractivity contribution in [2.75, 3.05) is 5.32 Å². The average Bonchev–Trinajstić information content (AvgIpc) is 2.74. The van der Waals surface area contributed by atoms with Crippen molar-refractivity contribution >= 4 is 17.6 Å². The number of anilines is 1. The Bertz CT molecular complexity index is 1060. The summed E-state index contributed by atoms with van der Waals surface area (Å²) in [6.07, 6.45) is -4.10. The summed E-state index contributed by atoms with van der Waals surface area (Å²) in [5, 5.41) is 2.28. The fourth-order valence-corrected chi connectivity index (χ4v) is 2.96. The Morgan fingerprint density at radius 3 is 2.10 bits per heavy atom. The smallest absolute Gasteiger partial charge is 0.410 e. The molecule has 0 spiro atoms. The van der Waals surface area contributed by atoms with Gasteiger partial charge in [-0.25, -0.2) is 4.79 Å². The van der Waals surface area contributed by atoms with Gasteiger partial charge in [0, 0.05) is 17.7 Å². The van der Waals surface area contributed by atoms with Crippen LogP contribution in [0.4, 0.5) is 23.7 Å². The molecule has 0 aromatic heterocycles. The van der Waals surface area contributed by atoms with Crippen LogP contribution in [0.3, 0.4) is 0 Å². The molecule has 0 radical (unpaired) electrons. The zero-order valence-electron chi connectivity index (χ0n) is 16.7. The van der Waals surface area contributed by atoms with E-state index in [0.717, 1.165) is 29.7 Å². The zero-order valence-corrected chi connectivity index (χ0v) is 16.7. The monoisotopic (exact) mass is 427 g/mol. The summed E-state index contributed by atoms with van der Waals surface area (Å²) >= 11 is 0. The van der Waals surface area contributed by atoms with E-state index in [1.807, 2.05) is 19.1 Å². The van der Waals surface area contributed by atoms with Crippen LogP contribution in [0.25, 0.3) is 11.1 Å². The molecule has 0 unspecified atom stereocenters. The molecule has 3 rings (SSSR count). The summed E-state index contributed by atoms with van der Waals surface area (Å²) in [5.74, 6) is 0.340. The minimum Gasteiger partial charge on any atom is -0.410 e.